The Morgan fingerprint density at radius 2 is 2.30 bits per heavy atom. The molecule has 2 aliphatic rings. The Morgan fingerprint density at radius 3 is 3.05 bits per heavy atom. The van der Waals surface area contributed by atoms with Crippen LogP contribution in [0.15, 0.2) is 29.4 Å². The van der Waals surface area contributed by atoms with Gasteiger partial charge in [0.25, 0.3) is 5.91 Å². The highest BCUT2D eigenvalue weighted by molar-refractivity contribution is 6.08. The van der Waals surface area contributed by atoms with Gasteiger partial charge < -0.3 is 15.3 Å². The number of oxime groups is 1. The number of rotatable bonds is 2. The van der Waals surface area contributed by atoms with E-state index in [0.717, 1.165) is 24.1 Å². The van der Waals surface area contributed by atoms with Gasteiger partial charge in [-0.2, -0.15) is 0 Å². The van der Waals surface area contributed by atoms with Crippen molar-refractivity contribution < 1.29 is 14.7 Å². The summed E-state index contributed by atoms with van der Waals surface area (Å²) in [6.07, 6.45) is 2.61. The Morgan fingerprint density at radius 1 is 1.50 bits per heavy atom. The molecule has 1 aromatic rings. The predicted octanol–water partition coefficient (Wildman–Crippen LogP) is 2.64. The SMILES string of the molecule is CCC[C@@H]1C/C(=N/O)C[C@@]2(O1)C(=O)Nc1ccccc12. The van der Waals surface area contributed by atoms with E-state index in [9.17, 15) is 4.79 Å². The summed E-state index contributed by atoms with van der Waals surface area (Å²) in [5.74, 6) is -0.166. The van der Waals surface area contributed by atoms with Crippen molar-refractivity contribution in [2.75, 3.05) is 5.32 Å². The topological polar surface area (TPSA) is 70.9 Å². The second kappa shape index (κ2) is 4.90. The molecule has 5 heteroatoms. The Bertz CT molecular complexity index is 570. The molecule has 20 heavy (non-hydrogen) atoms. The number of benzene rings is 1. The van der Waals surface area contributed by atoms with Crippen molar-refractivity contribution in [2.45, 2.75) is 44.3 Å². The van der Waals surface area contributed by atoms with E-state index in [4.69, 9.17) is 9.94 Å². The summed E-state index contributed by atoms with van der Waals surface area (Å²) in [5, 5.41) is 15.4. The first-order chi connectivity index (χ1) is 9.69. The van der Waals surface area contributed by atoms with Crippen molar-refractivity contribution >= 4 is 17.3 Å². The van der Waals surface area contributed by atoms with E-state index in [1.165, 1.54) is 0 Å². The molecule has 2 aliphatic heterocycles. The second-order valence-corrected chi connectivity index (χ2v) is 5.40. The van der Waals surface area contributed by atoms with Crippen molar-refractivity contribution in [1.29, 1.82) is 0 Å². The van der Waals surface area contributed by atoms with E-state index in [-0.39, 0.29) is 12.0 Å². The second-order valence-electron chi connectivity index (χ2n) is 5.40. The van der Waals surface area contributed by atoms with Gasteiger partial charge in [0.05, 0.1) is 11.8 Å². The van der Waals surface area contributed by atoms with Crippen LogP contribution >= 0.6 is 0 Å². The Labute approximate surface area is 117 Å². The number of nitrogens with one attached hydrogen (secondary N) is 1. The third-order valence-electron chi connectivity index (χ3n) is 4.01. The van der Waals surface area contributed by atoms with Gasteiger partial charge in [-0.3, -0.25) is 4.79 Å². The van der Waals surface area contributed by atoms with E-state index < -0.39 is 5.60 Å². The molecule has 1 saturated heterocycles. The maximum absolute atomic E-state index is 12.4. The van der Waals surface area contributed by atoms with Gasteiger partial charge in [-0.15, -0.1) is 0 Å². The van der Waals surface area contributed by atoms with E-state index >= 15 is 0 Å². The molecule has 5 nitrogen and oxygen atoms in total. The minimum atomic E-state index is -1.03. The average Bonchev–Trinajstić information content (AvgIpc) is 2.72. The number of nitrogens with zero attached hydrogens (tertiary/aromatic N) is 1. The van der Waals surface area contributed by atoms with Gasteiger partial charge in [-0.1, -0.05) is 36.7 Å². The van der Waals surface area contributed by atoms with Gasteiger partial charge >= 0.3 is 0 Å². The lowest BCUT2D eigenvalue weighted by molar-refractivity contribution is -0.153. The minimum absolute atomic E-state index is 0.0865. The molecule has 1 fully saturated rings. The number of amides is 1. The molecule has 1 aromatic carbocycles. The lowest BCUT2D eigenvalue weighted by Crippen LogP contribution is -2.47. The summed E-state index contributed by atoms with van der Waals surface area (Å²) >= 11 is 0. The van der Waals surface area contributed by atoms with Crippen LogP contribution in [0.25, 0.3) is 0 Å². The first-order valence-electron chi connectivity index (χ1n) is 6.98. The lowest BCUT2D eigenvalue weighted by atomic mass is 9.84. The molecular formula is C15H18N2O3. The fourth-order valence-electron chi connectivity index (χ4n) is 3.13. The molecule has 2 atom stereocenters. The summed E-state index contributed by atoms with van der Waals surface area (Å²) in [7, 11) is 0. The van der Waals surface area contributed by atoms with Gasteiger partial charge in [0.1, 0.15) is 0 Å². The normalized spacial score (nSPS) is 30.6. The maximum Gasteiger partial charge on any atom is 0.261 e. The van der Waals surface area contributed by atoms with Crippen molar-refractivity contribution in [3.05, 3.63) is 29.8 Å². The molecule has 0 saturated carbocycles. The van der Waals surface area contributed by atoms with Crippen LogP contribution in [0.4, 0.5) is 5.69 Å². The van der Waals surface area contributed by atoms with E-state index in [1.807, 2.05) is 24.3 Å². The van der Waals surface area contributed by atoms with Crippen molar-refractivity contribution in [1.82, 2.24) is 0 Å². The number of anilines is 1. The molecular weight excluding hydrogens is 256 g/mol. The summed E-state index contributed by atoms with van der Waals surface area (Å²) in [6, 6.07) is 7.54. The van der Waals surface area contributed by atoms with Gasteiger partial charge in [0.2, 0.25) is 0 Å². The zero-order chi connectivity index (χ0) is 14.2. The van der Waals surface area contributed by atoms with Crippen LogP contribution in [0.2, 0.25) is 0 Å². The van der Waals surface area contributed by atoms with Crippen molar-refractivity contribution in [2.24, 2.45) is 5.16 Å². The number of carbonyl (C=O) groups is 1. The first kappa shape index (κ1) is 13.1. The smallest absolute Gasteiger partial charge is 0.261 e. The van der Waals surface area contributed by atoms with Crippen LogP contribution in [0, 0.1) is 0 Å². The highest BCUT2D eigenvalue weighted by Crippen LogP contribution is 2.45. The summed E-state index contributed by atoms with van der Waals surface area (Å²) in [5.41, 5.74) is 1.22. The van der Waals surface area contributed by atoms with Crippen LogP contribution < -0.4 is 5.32 Å². The maximum atomic E-state index is 12.4. The van der Waals surface area contributed by atoms with Gasteiger partial charge in [-0.05, 0) is 12.5 Å². The summed E-state index contributed by atoms with van der Waals surface area (Å²) in [6.45, 7) is 2.07. The van der Waals surface area contributed by atoms with Crippen LogP contribution in [-0.2, 0) is 15.1 Å². The zero-order valence-corrected chi connectivity index (χ0v) is 11.4. The number of carbonyl (C=O) groups excluding carboxylic acids is 1. The van der Waals surface area contributed by atoms with Gasteiger partial charge in [0.15, 0.2) is 5.60 Å². The lowest BCUT2D eigenvalue weighted by Gasteiger charge is -2.37. The molecule has 0 aliphatic carbocycles. The third kappa shape index (κ3) is 1.89. The molecule has 2 heterocycles. The van der Waals surface area contributed by atoms with E-state index in [0.29, 0.717) is 18.6 Å². The fourth-order valence-corrected chi connectivity index (χ4v) is 3.13. The zero-order valence-electron chi connectivity index (χ0n) is 11.4. The quantitative estimate of drug-likeness (QED) is 0.643. The Kier molecular flexibility index (Phi) is 3.22. The highest BCUT2D eigenvalue weighted by Gasteiger charge is 2.52. The largest absolute Gasteiger partial charge is 0.411 e. The van der Waals surface area contributed by atoms with Crippen LogP contribution in [0.5, 0.6) is 0 Å². The number of para-hydroxylation sites is 1. The molecule has 2 N–H and O–H groups in total. The van der Waals surface area contributed by atoms with Crippen molar-refractivity contribution in [3.63, 3.8) is 0 Å². The van der Waals surface area contributed by atoms with Gasteiger partial charge in [0, 0.05) is 24.1 Å². The van der Waals surface area contributed by atoms with E-state index in [2.05, 4.69) is 17.4 Å². The number of ether oxygens (including phenoxy) is 1. The average molecular weight is 274 g/mol. The highest BCUT2D eigenvalue weighted by atomic mass is 16.5. The van der Waals surface area contributed by atoms with Crippen molar-refractivity contribution in [3.8, 4) is 0 Å². The Hall–Kier alpha value is -1.88. The third-order valence-corrected chi connectivity index (χ3v) is 4.01. The summed E-state index contributed by atoms with van der Waals surface area (Å²) < 4.78 is 6.14. The number of hydrogen-bond acceptors (Lipinski definition) is 4. The molecule has 106 valence electrons. The fraction of sp³-hybridized carbons (Fsp3) is 0.467. The van der Waals surface area contributed by atoms with Gasteiger partial charge in [-0.25, -0.2) is 0 Å². The standard InChI is InChI=1S/C15H18N2O3/c1-2-5-11-8-10(17-19)9-15(20-11)12-6-3-4-7-13(12)16-14(15)18/h3-4,6-7,11,19H,2,5,8-9H2,1H3,(H,16,18)/b17-10-/t11-,15+/m1/s1. The van der Waals surface area contributed by atoms with Crippen LogP contribution in [-0.4, -0.2) is 22.9 Å². The molecule has 1 amide bonds. The van der Waals surface area contributed by atoms with Crippen LogP contribution in [0.1, 0.15) is 38.2 Å². The first-order valence-corrected chi connectivity index (χ1v) is 6.98. The summed E-state index contributed by atoms with van der Waals surface area (Å²) in [4.78, 5) is 12.4. The van der Waals surface area contributed by atoms with E-state index in [1.54, 1.807) is 0 Å². The molecule has 3 rings (SSSR count). The minimum Gasteiger partial charge on any atom is -0.411 e. The molecule has 1 spiro atoms. The monoisotopic (exact) mass is 274 g/mol. The molecule has 0 unspecified atom stereocenters. The molecule has 0 bridgehead atoms. The number of fused-ring (bicyclic) bond motifs is 2. The molecule has 0 aromatic heterocycles. The predicted molar refractivity (Wildman–Crippen MR) is 75.0 cm³/mol. The Balaban J connectivity index is 2.03. The molecule has 0 radical (unpaired) electrons. The van der Waals surface area contributed by atoms with Crippen LogP contribution in [0.3, 0.4) is 0 Å². The number of hydrogen-bond donors (Lipinski definition) is 2.